The fourth-order valence-electron chi connectivity index (χ4n) is 2.27. The van der Waals surface area contributed by atoms with Crippen molar-refractivity contribution in [1.29, 1.82) is 0 Å². The van der Waals surface area contributed by atoms with Crippen LogP contribution in [0.2, 0.25) is 5.02 Å². The highest BCUT2D eigenvalue weighted by atomic mass is 35.5. The lowest BCUT2D eigenvalue weighted by Crippen LogP contribution is -2.27. The third-order valence-corrected chi connectivity index (χ3v) is 4.61. The summed E-state index contributed by atoms with van der Waals surface area (Å²) in [5.74, 6) is 0.112. The predicted octanol–water partition coefficient (Wildman–Crippen LogP) is 5.63. The highest BCUT2D eigenvalue weighted by Gasteiger charge is 2.25. The quantitative estimate of drug-likeness (QED) is 0.569. The minimum atomic E-state index is -0.654. The van der Waals surface area contributed by atoms with Gasteiger partial charge < -0.3 is 9.15 Å². The highest BCUT2D eigenvalue weighted by molar-refractivity contribution is 7.18. The Bertz CT molecular complexity index is 974. The van der Waals surface area contributed by atoms with Gasteiger partial charge in [-0.15, -0.1) is 0 Å². The van der Waals surface area contributed by atoms with E-state index in [1.54, 1.807) is 57.2 Å². The highest BCUT2D eigenvalue weighted by Crippen LogP contribution is 2.34. The molecular formula is C19H17ClN2O4S. The SMILES string of the molecule is CC(C)(C)OC(=O)Nc1nc(-c2ccco2)c(C(=O)c2ccccc2Cl)s1. The van der Waals surface area contributed by atoms with E-state index in [-0.39, 0.29) is 10.9 Å². The molecule has 0 aliphatic rings. The first-order valence-electron chi connectivity index (χ1n) is 8.08. The number of amides is 1. The van der Waals surface area contributed by atoms with E-state index in [4.69, 9.17) is 20.8 Å². The maximum Gasteiger partial charge on any atom is 0.413 e. The van der Waals surface area contributed by atoms with Crippen molar-refractivity contribution in [3.05, 3.63) is 58.1 Å². The summed E-state index contributed by atoms with van der Waals surface area (Å²) in [4.78, 5) is 29.7. The van der Waals surface area contributed by atoms with Gasteiger partial charge in [-0.05, 0) is 45.0 Å². The number of nitrogens with zero attached hydrogens (tertiary/aromatic N) is 1. The van der Waals surface area contributed by atoms with Gasteiger partial charge in [0, 0.05) is 5.56 Å². The zero-order chi connectivity index (χ0) is 19.6. The molecule has 8 heteroatoms. The summed E-state index contributed by atoms with van der Waals surface area (Å²) in [5.41, 5.74) is 0.0296. The second kappa shape index (κ2) is 7.54. The van der Waals surface area contributed by atoms with Gasteiger partial charge >= 0.3 is 6.09 Å². The van der Waals surface area contributed by atoms with Crippen LogP contribution in [0.15, 0.2) is 47.1 Å². The Morgan fingerprint density at radius 2 is 1.93 bits per heavy atom. The number of carbonyl (C=O) groups excluding carboxylic acids is 2. The van der Waals surface area contributed by atoms with Crippen molar-refractivity contribution < 1.29 is 18.7 Å². The molecule has 0 radical (unpaired) electrons. The van der Waals surface area contributed by atoms with E-state index >= 15 is 0 Å². The van der Waals surface area contributed by atoms with E-state index in [1.807, 2.05) is 0 Å². The molecular weight excluding hydrogens is 388 g/mol. The number of furan rings is 1. The zero-order valence-corrected chi connectivity index (χ0v) is 16.5. The average Bonchev–Trinajstić information content (AvgIpc) is 3.22. The van der Waals surface area contributed by atoms with Crippen LogP contribution in [0.3, 0.4) is 0 Å². The summed E-state index contributed by atoms with van der Waals surface area (Å²) in [6.07, 6.45) is 0.832. The van der Waals surface area contributed by atoms with Crippen molar-refractivity contribution in [2.24, 2.45) is 0 Å². The van der Waals surface area contributed by atoms with Crippen LogP contribution in [0.5, 0.6) is 0 Å². The number of halogens is 1. The standard InChI is InChI=1S/C19H17ClN2O4S/c1-19(2,3)26-18(24)22-17-21-14(13-9-6-10-25-13)16(27-17)15(23)11-7-4-5-8-12(11)20/h4-10H,1-3H3,(H,21,22,24). The van der Waals surface area contributed by atoms with Crippen LogP contribution in [-0.4, -0.2) is 22.5 Å². The van der Waals surface area contributed by atoms with Crippen LogP contribution in [0.1, 0.15) is 36.0 Å². The van der Waals surface area contributed by atoms with Crippen molar-refractivity contribution in [2.45, 2.75) is 26.4 Å². The molecule has 0 saturated heterocycles. The van der Waals surface area contributed by atoms with Crippen LogP contribution < -0.4 is 5.32 Å². The van der Waals surface area contributed by atoms with Crippen molar-refractivity contribution in [2.75, 3.05) is 5.32 Å². The first-order chi connectivity index (χ1) is 12.7. The Morgan fingerprint density at radius 3 is 2.56 bits per heavy atom. The summed E-state index contributed by atoms with van der Waals surface area (Å²) in [6, 6.07) is 10.1. The monoisotopic (exact) mass is 404 g/mol. The topological polar surface area (TPSA) is 81.4 Å². The third kappa shape index (κ3) is 4.56. The molecule has 27 heavy (non-hydrogen) atoms. The molecule has 6 nitrogen and oxygen atoms in total. The largest absolute Gasteiger partial charge is 0.463 e. The number of benzene rings is 1. The van der Waals surface area contributed by atoms with Crippen LogP contribution in [0, 0.1) is 0 Å². The average molecular weight is 405 g/mol. The lowest BCUT2D eigenvalue weighted by Gasteiger charge is -2.18. The number of anilines is 1. The molecule has 0 atom stereocenters. The minimum absolute atomic E-state index is 0.228. The van der Waals surface area contributed by atoms with Gasteiger partial charge in [0.2, 0.25) is 5.78 Å². The van der Waals surface area contributed by atoms with Crippen LogP contribution in [-0.2, 0) is 4.74 Å². The number of ether oxygens (including phenoxy) is 1. The normalized spacial score (nSPS) is 11.3. The lowest BCUT2D eigenvalue weighted by molar-refractivity contribution is 0.0635. The molecule has 0 spiro atoms. The number of thiazole rings is 1. The number of hydrogen-bond acceptors (Lipinski definition) is 6. The van der Waals surface area contributed by atoms with Gasteiger partial charge in [-0.3, -0.25) is 10.1 Å². The van der Waals surface area contributed by atoms with Gasteiger partial charge in [-0.25, -0.2) is 9.78 Å². The minimum Gasteiger partial charge on any atom is -0.463 e. The molecule has 0 fully saturated rings. The summed E-state index contributed by atoms with van der Waals surface area (Å²) in [7, 11) is 0. The molecule has 1 N–H and O–H groups in total. The van der Waals surface area contributed by atoms with Crippen molar-refractivity contribution >= 4 is 39.9 Å². The maximum atomic E-state index is 13.0. The predicted molar refractivity (Wildman–Crippen MR) is 105 cm³/mol. The summed E-state index contributed by atoms with van der Waals surface area (Å²) in [5, 5.41) is 3.13. The first kappa shape index (κ1) is 19.1. The van der Waals surface area contributed by atoms with Crippen LogP contribution >= 0.6 is 22.9 Å². The van der Waals surface area contributed by atoms with Crippen LogP contribution in [0.4, 0.5) is 9.93 Å². The second-order valence-electron chi connectivity index (χ2n) is 6.61. The van der Waals surface area contributed by atoms with E-state index in [9.17, 15) is 9.59 Å². The first-order valence-corrected chi connectivity index (χ1v) is 9.28. The summed E-state index contributed by atoms with van der Waals surface area (Å²) in [6.45, 7) is 5.28. The van der Waals surface area contributed by atoms with E-state index < -0.39 is 11.7 Å². The number of hydrogen-bond donors (Lipinski definition) is 1. The molecule has 0 aliphatic carbocycles. The Kier molecular flexibility index (Phi) is 5.34. The number of carbonyl (C=O) groups is 2. The Labute approximate surface area is 165 Å². The molecule has 3 rings (SSSR count). The van der Waals surface area contributed by atoms with Crippen LogP contribution in [0.25, 0.3) is 11.5 Å². The fourth-order valence-corrected chi connectivity index (χ4v) is 3.40. The lowest BCUT2D eigenvalue weighted by atomic mass is 10.1. The maximum absolute atomic E-state index is 13.0. The Hall–Kier alpha value is -2.64. The molecule has 140 valence electrons. The molecule has 0 aliphatic heterocycles. The zero-order valence-electron chi connectivity index (χ0n) is 14.9. The molecule has 0 saturated carbocycles. The van der Waals surface area contributed by atoms with Crippen molar-refractivity contribution in [3.63, 3.8) is 0 Å². The molecule has 1 aromatic carbocycles. The van der Waals surface area contributed by atoms with Gasteiger partial charge in [0.15, 0.2) is 10.9 Å². The smallest absolute Gasteiger partial charge is 0.413 e. The number of aromatic nitrogens is 1. The Morgan fingerprint density at radius 1 is 1.19 bits per heavy atom. The molecule has 1 amide bonds. The van der Waals surface area contributed by atoms with E-state index in [2.05, 4.69) is 10.3 Å². The van der Waals surface area contributed by atoms with Gasteiger partial charge in [0.1, 0.15) is 16.2 Å². The number of rotatable bonds is 4. The number of nitrogens with one attached hydrogen (secondary N) is 1. The van der Waals surface area contributed by atoms with Gasteiger partial charge in [0.05, 0.1) is 11.3 Å². The second-order valence-corrected chi connectivity index (χ2v) is 8.02. The summed E-state index contributed by atoms with van der Waals surface area (Å²) < 4.78 is 10.6. The van der Waals surface area contributed by atoms with E-state index in [1.165, 1.54) is 6.26 Å². The molecule has 2 heterocycles. The molecule has 0 unspecified atom stereocenters. The molecule has 2 aromatic heterocycles. The van der Waals surface area contributed by atoms with E-state index in [0.717, 1.165) is 11.3 Å². The van der Waals surface area contributed by atoms with Gasteiger partial charge in [-0.1, -0.05) is 35.1 Å². The van der Waals surface area contributed by atoms with Gasteiger partial charge in [-0.2, -0.15) is 0 Å². The molecule has 0 bridgehead atoms. The number of ketones is 1. The summed E-state index contributed by atoms with van der Waals surface area (Å²) >= 11 is 7.19. The third-order valence-electron chi connectivity index (χ3n) is 3.31. The van der Waals surface area contributed by atoms with Crippen molar-refractivity contribution in [1.82, 2.24) is 4.98 Å². The van der Waals surface area contributed by atoms with Gasteiger partial charge in [0.25, 0.3) is 0 Å². The molecule has 3 aromatic rings. The van der Waals surface area contributed by atoms with Crippen molar-refractivity contribution in [3.8, 4) is 11.5 Å². The fraction of sp³-hybridized carbons (Fsp3) is 0.211. The van der Waals surface area contributed by atoms with E-state index in [0.29, 0.717) is 26.9 Å². The Balaban J connectivity index is 1.97.